The molecule has 0 radical (unpaired) electrons. The van der Waals surface area contributed by atoms with Crippen LogP contribution in [-0.4, -0.2) is 97.0 Å². The number of thioether (sulfide) groups is 1. The third kappa shape index (κ3) is 6.99. The van der Waals surface area contributed by atoms with Gasteiger partial charge in [-0.2, -0.15) is 8.42 Å². The number of guanidine groups is 1. The molecule has 14 nitrogen and oxygen atoms in total. The van der Waals surface area contributed by atoms with E-state index < -0.39 is 27.0 Å². The van der Waals surface area contributed by atoms with Crippen LogP contribution in [0.4, 0.5) is 5.69 Å². The number of carbonyl (C=O) groups is 2. The number of Topliss-reactive ketones (excluding diaryl/α,β-unsaturated/α-hetero) is 1. The van der Waals surface area contributed by atoms with Crippen LogP contribution in [0.25, 0.3) is 0 Å². The number of quaternary nitrogens is 1. The van der Waals surface area contributed by atoms with E-state index in [4.69, 9.17) is 11.5 Å². The first kappa shape index (κ1) is 28.2. The van der Waals surface area contributed by atoms with Gasteiger partial charge in [0.05, 0.1) is 0 Å². The molecule has 208 valence electrons. The highest BCUT2D eigenvalue weighted by Gasteiger charge is 2.61. The highest BCUT2D eigenvalue weighted by atomic mass is 32.2. The number of ketones is 1. The van der Waals surface area contributed by atoms with E-state index in [1.807, 2.05) is 0 Å². The fourth-order valence-corrected chi connectivity index (χ4v) is 7.00. The van der Waals surface area contributed by atoms with Gasteiger partial charge in [-0.25, -0.2) is 4.72 Å². The lowest BCUT2D eigenvalue weighted by Gasteiger charge is -2.25. The first-order valence-electron chi connectivity index (χ1n) is 12.4. The summed E-state index contributed by atoms with van der Waals surface area (Å²) in [5.74, 6) is -0.464. The zero-order valence-electron chi connectivity index (χ0n) is 21.0. The van der Waals surface area contributed by atoms with Gasteiger partial charge in [-0.3, -0.25) is 29.3 Å². The zero-order valence-corrected chi connectivity index (χ0v) is 22.6. The highest BCUT2D eigenvalue weighted by molar-refractivity contribution is 8.16. The number of aromatic nitrogens is 1. The molecular weight excluding hydrogens is 534 g/mol. The largest absolute Gasteiger partial charge is 0.370 e. The summed E-state index contributed by atoms with van der Waals surface area (Å²) in [4.78, 5) is 49.4. The molecule has 3 aliphatic rings. The lowest BCUT2D eigenvalue weighted by Crippen LogP contribution is -2.85. The Kier molecular flexibility index (Phi) is 8.87. The van der Waals surface area contributed by atoms with Crippen molar-refractivity contribution < 1.29 is 22.7 Å². The summed E-state index contributed by atoms with van der Waals surface area (Å²) < 4.78 is 27.5. The number of aliphatic imine (C=N–C) groups is 2. The van der Waals surface area contributed by atoms with E-state index in [-0.39, 0.29) is 35.8 Å². The highest BCUT2D eigenvalue weighted by Crippen LogP contribution is 2.48. The zero-order chi connectivity index (χ0) is 27.3. The van der Waals surface area contributed by atoms with Crippen molar-refractivity contribution in [2.45, 2.75) is 24.9 Å². The average Bonchev–Trinajstić information content (AvgIpc) is 3.27. The van der Waals surface area contributed by atoms with Gasteiger partial charge in [0.2, 0.25) is 17.4 Å². The predicted molar refractivity (Wildman–Crippen MR) is 145 cm³/mol. The molecule has 2 aliphatic heterocycles. The van der Waals surface area contributed by atoms with Crippen LogP contribution in [0, 0.1) is 5.92 Å². The number of amides is 1. The topological polar surface area (TPSA) is 211 Å². The Labute approximate surface area is 224 Å². The predicted octanol–water partition coefficient (Wildman–Crippen LogP) is -3.51. The summed E-state index contributed by atoms with van der Waals surface area (Å²) in [6, 6.07) is 2.92. The van der Waals surface area contributed by atoms with Crippen molar-refractivity contribution >= 4 is 50.2 Å². The summed E-state index contributed by atoms with van der Waals surface area (Å²) in [6.07, 6.45) is 2.33. The molecular formula is C22H34N9O5S2+. The van der Waals surface area contributed by atoms with Gasteiger partial charge in [0.1, 0.15) is 17.1 Å². The van der Waals surface area contributed by atoms with Gasteiger partial charge in [0.25, 0.3) is 0 Å². The molecule has 16 heteroatoms. The molecule has 2 fully saturated rings. The number of hydrogen-bond acceptors (Lipinski definition) is 10. The Hall–Kier alpha value is -2.79. The van der Waals surface area contributed by atoms with Crippen LogP contribution in [0.5, 0.6) is 0 Å². The number of primary sulfonamides is 1. The van der Waals surface area contributed by atoms with Gasteiger partial charge in [-0.15, -0.1) is 11.8 Å². The lowest BCUT2D eigenvalue weighted by atomic mass is 10.1. The Morgan fingerprint density at radius 3 is 2.76 bits per heavy atom. The summed E-state index contributed by atoms with van der Waals surface area (Å²) in [7, 11) is -3.69. The van der Waals surface area contributed by atoms with Crippen molar-refractivity contribution in [1.29, 1.82) is 0 Å². The third-order valence-electron chi connectivity index (χ3n) is 6.67. The van der Waals surface area contributed by atoms with Crippen molar-refractivity contribution in [3.63, 3.8) is 0 Å². The van der Waals surface area contributed by atoms with E-state index in [1.54, 1.807) is 4.90 Å². The number of nitrogens with two attached hydrogens (primary N) is 3. The number of pyridine rings is 1. The quantitative estimate of drug-likeness (QED) is 0.124. The molecule has 1 amide bonds. The van der Waals surface area contributed by atoms with Gasteiger partial charge in [0.15, 0.2) is 11.8 Å². The normalized spacial score (nSPS) is 23.5. The molecule has 1 aliphatic carbocycles. The second kappa shape index (κ2) is 11.9. The average molecular weight is 569 g/mol. The lowest BCUT2D eigenvalue weighted by molar-refractivity contribution is -0.399. The number of hydrogen-bond donors (Lipinski definition) is 5. The SMILES string of the molecule is NC(N)=NCCC1CC1(NC(=O)Cn1cccc([NH2+]S(=O)(=O)CN2CCNCC2)c1=O)C(=O)C1=NCCS1. The minimum absolute atomic E-state index is 0.0283. The molecule has 2 unspecified atom stereocenters. The minimum Gasteiger partial charge on any atom is -0.370 e. The van der Waals surface area contributed by atoms with Crippen molar-refractivity contribution in [2.75, 3.05) is 50.9 Å². The monoisotopic (exact) mass is 568 g/mol. The van der Waals surface area contributed by atoms with Gasteiger partial charge in [-0.1, -0.05) is 0 Å². The summed E-state index contributed by atoms with van der Waals surface area (Å²) in [5, 5.41) is 6.39. The number of nitrogens with one attached hydrogen (secondary N) is 2. The van der Waals surface area contributed by atoms with Gasteiger partial charge in [-0.05, 0) is 24.8 Å². The van der Waals surface area contributed by atoms with E-state index in [9.17, 15) is 22.8 Å². The second-order valence-corrected chi connectivity index (χ2v) is 12.5. The van der Waals surface area contributed by atoms with Crippen LogP contribution in [0.15, 0.2) is 33.1 Å². The van der Waals surface area contributed by atoms with Crippen LogP contribution >= 0.6 is 11.8 Å². The van der Waals surface area contributed by atoms with Gasteiger partial charge < -0.3 is 26.7 Å². The maximum atomic E-state index is 13.3. The molecule has 3 heterocycles. The maximum Gasteiger partial charge on any atom is 0.313 e. The maximum absolute atomic E-state index is 13.3. The summed E-state index contributed by atoms with van der Waals surface area (Å²) in [5.41, 5.74) is 9.03. The minimum atomic E-state index is -3.69. The number of nitrogens with zero attached hydrogens (tertiary/aromatic N) is 4. The van der Waals surface area contributed by atoms with E-state index in [1.165, 1.54) is 30.1 Å². The van der Waals surface area contributed by atoms with Crippen molar-refractivity contribution in [2.24, 2.45) is 27.4 Å². The molecule has 0 aromatic carbocycles. The Morgan fingerprint density at radius 2 is 2.08 bits per heavy atom. The first-order valence-corrected chi connectivity index (χ1v) is 15.1. The first-order chi connectivity index (χ1) is 18.1. The van der Waals surface area contributed by atoms with Crippen molar-refractivity contribution in [3.8, 4) is 0 Å². The summed E-state index contributed by atoms with van der Waals surface area (Å²) in [6.45, 7) is 3.10. The van der Waals surface area contributed by atoms with Crippen molar-refractivity contribution in [1.82, 2.24) is 20.1 Å². The molecule has 1 saturated heterocycles. The number of rotatable bonds is 12. The number of carbonyl (C=O) groups excluding carboxylic acids is 2. The Bertz CT molecular complexity index is 1290. The molecule has 0 bridgehead atoms. The van der Waals surface area contributed by atoms with Gasteiger partial charge >= 0.3 is 15.6 Å². The standard InChI is InChI=1S/C22H33N9O5S2/c23-21(24)27-4-3-15-12-22(15,18(33)19-26-7-11-37-19)28-17(32)13-31-8-1-2-16(20(31)34)29-38(35,36)14-30-9-5-25-6-10-30/h1-2,8,15,25,29H,3-7,9-14H2,(H,28,32)(H4,23,24,27)/p+1. The third-order valence-corrected chi connectivity index (χ3v) is 8.98. The van der Waals surface area contributed by atoms with Crippen LogP contribution in [0.3, 0.4) is 0 Å². The molecule has 0 spiro atoms. The molecule has 8 N–H and O–H groups in total. The van der Waals surface area contributed by atoms with E-state index >= 15 is 0 Å². The number of sulfonamides is 1. The Balaban J connectivity index is 1.43. The molecule has 2 atom stereocenters. The molecule has 1 aromatic heterocycles. The van der Waals surface area contributed by atoms with Crippen molar-refractivity contribution in [3.05, 3.63) is 28.7 Å². The van der Waals surface area contributed by atoms with Crippen LogP contribution < -0.4 is 32.4 Å². The molecule has 4 rings (SSSR count). The van der Waals surface area contributed by atoms with Gasteiger partial charge in [0, 0.05) is 57.3 Å². The van der Waals surface area contributed by atoms with Crippen LogP contribution in [0.2, 0.25) is 0 Å². The van der Waals surface area contributed by atoms with Crippen LogP contribution in [0.1, 0.15) is 12.8 Å². The van der Waals surface area contributed by atoms with E-state index in [0.29, 0.717) is 62.9 Å². The van der Waals surface area contributed by atoms with E-state index in [0.717, 1.165) is 9.29 Å². The fourth-order valence-electron chi connectivity index (χ4n) is 4.72. The molecule has 1 saturated carbocycles. The molecule has 38 heavy (non-hydrogen) atoms. The second-order valence-electron chi connectivity index (χ2n) is 9.55. The Morgan fingerprint density at radius 1 is 1.32 bits per heavy atom. The fraction of sp³-hybridized carbons (Fsp3) is 0.591. The smallest absolute Gasteiger partial charge is 0.313 e. The van der Waals surface area contributed by atoms with Crippen LogP contribution in [-0.2, 0) is 26.2 Å². The summed E-state index contributed by atoms with van der Waals surface area (Å²) >= 11 is 1.36. The number of piperazine rings is 1. The van der Waals surface area contributed by atoms with E-state index in [2.05, 4.69) is 20.6 Å². The molecule has 1 aromatic rings.